The van der Waals surface area contributed by atoms with Crippen LogP contribution >= 0.6 is 0 Å². The van der Waals surface area contributed by atoms with Crippen molar-refractivity contribution in [3.8, 4) is 0 Å². The molecule has 1 aromatic rings. The second-order valence-electron chi connectivity index (χ2n) is 4.44. The number of carboxylic acid groups (broad SMARTS) is 1. The van der Waals surface area contributed by atoms with Crippen LogP contribution in [0.4, 0.5) is 11.5 Å². The maximum Gasteiger partial charge on any atom is 0.354 e. The molecule has 0 amide bonds. The van der Waals surface area contributed by atoms with Crippen LogP contribution in [-0.4, -0.2) is 40.4 Å². The Labute approximate surface area is 105 Å². The Kier molecular flexibility index (Phi) is 3.66. The molecule has 1 atom stereocenters. The van der Waals surface area contributed by atoms with Crippen molar-refractivity contribution in [1.29, 1.82) is 0 Å². The summed E-state index contributed by atoms with van der Waals surface area (Å²) in [7, 11) is 0. The van der Waals surface area contributed by atoms with Crippen LogP contribution in [0.5, 0.6) is 0 Å². The molecule has 98 valence electrons. The highest BCUT2D eigenvalue weighted by Gasteiger charge is 2.25. The first kappa shape index (κ1) is 12.6. The number of aliphatic hydroxyl groups excluding tert-OH is 1. The van der Waals surface area contributed by atoms with Gasteiger partial charge in [-0.25, -0.2) is 9.78 Å². The highest BCUT2D eigenvalue weighted by Crippen LogP contribution is 2.27. The van der Waals surface area contributed by atoms with Crippen molar-refractivity contribution in [2.24, 2.45) is 0 Å². The van der Waals surface area contributed by atoms with E-state index in [0.29, 0.717) is 11.5 Å². The van der Waals surface area contributed by atoms with Gasteiger partial charge in [-0.15, -0.1) is 0 Å². The molecule has 1 aromatic heterocycles. The Morgan fingerprint density at radius 2 is 2.28 bits per heavy atom. The van der Waals surface area contributed by atoms with Crippen molar-refractivity contribution in [1.82, 2.24) is 4.98 Å². The third-order valence-corrected chi connectivity index (χ3v) is 3.23. The highest BCUT2D eigenvalue weighted by atomic mass is 16.4. The monoisotopic (exact) mass is 251 g/mol. The lowest BCUT2D eigenvalue weighted by atomic mass is 10.0. The number of hydrogen-bond donors (Lipinski definition) is 3. The highest BCUT2D eigenvalue weighted by molar-refractivity contribution is 5.87. The van der Waals surface area contributed by atoms with E-state index in [4.69, 9.17) is 10.8 Å². The normalized spacial score (nSPS) is 19.8. The topological polar surface area (TPSA) is 99.7 Å². The van der Waals surface area contributed by atoms with E-state index < -0.39 is 5.97 Å². The van der Waals surface area contributed by atoms with Crippen LogP contribution in [0.2, 0.25) is 0 Å². The largest absolute Gasteiger partial charge is 0.477 e. The minimum Gasteiger partial charge on any atom is -0.477 e. The number of hydrogen-bond acceptors (Lipinski definition) is 5. The number of rotatable bonds is 3. The second kappa shape index (κ2) is 5.22. The molecule has 1 unspecified atom stereocenters. The third kappa shape index (κ3) is 2.38. The van der Waals surface area contributed by atoms with E-state index in [-0.39, 0.29) is 18.3 Å². The molecular formula is C12H17N3O3. The number of nitrogen functional groups attached to an aromatic ring is 1. The average molecular weight is 251 g/mol. The number of anilines is 2. The maximum absolute atomic E-state index is 10.9. The molecule has 6 nitrogen and oxygen atoms in total. The molecule has 2 rings (SSSR count). The lowest BCUT2D eigenvalue weighted by Crippen LogP contribution is -2.42. The number of piperidine rings is 1. The van der Waals surface area contributed by atoms with Crippen molar-refractivity contribution in [3.05, 3.63) is 17.8 Å². The summed E-state index contributed by atoms with van der Waals surface area (Å²) in [5, 5.41) is 18.3. The van der Waals surface area contributed by atoms with Gasteiger partial charge in [0.2, 0.25) is 0 Å². The van der Waals surface area contributed by atoms with Crippen molar-refractivity contribution < 1.29 is 15.0 Å². The van der Waals surface area contributed by atoms with Gasteiger partial charge in [0, 0.05) is 6.54 Å². The minimum atomic E-state index is -1.08. The molecular weight excluding hydrogens is 234 g/mol. The summed E-state index contributed by atoms with van der Waals surface area (Å²) < 4.78 is 0. The lowest BCUT2D eigenvalue weighted by Gasteiger charge is -2.36. The summed E-state index contributed by atoms with van der Waals surface area (Å²) in [5.41, 5.74) is 6.28. The predicted octanol–water partition coefficient (Wildman–Crippen LogP) is 0.713. The zero-order valence-electron chi connectivity index (χ0n) is 10.0. The zero-order valence-corrected chi connectivity index (χ0v) is 10.0. The van der Waals surface area contributed by atoms with E-state index in [9.17, 15) is 9.90 Å². The molecule has 0 radical (unpaired) electrons. The molecule has 0 spiro atoms. The van der Waals surface area contributed by atoms with E-state index in [1.54, 1.807) is 6.07 Å². The third-order valence-electron chi connectivity index (χ3n) is 3.23. The van der Waals surface area contributed by atoms with Crippen molar-refractivity contribution in [2.45, 2.75) is 25.3 Å². The quantitative estimate of drug-likeness (QED) is 0.731. The van der Waals surface area contributed by atoms with E-state index >= 15 is 0 Å². The number of pyridine rings is 1. The Balaban J connectivity index is 2.35. The van der Waals surface area contributed by atoms with E-state index in [1.165, 1.54) is 6.07 Å². The van der Waals surface area contributed by atoms with Crippen LogP contribution in [0.25, 0.3) is 0 Å². The smallest absolute Gasteiger partial charge is 0.354 e. The fourth-order valence-electron chi connectivity index (χ4n) is 2.28. The maximum atomic E-state index is 10.9. The number of nitrogens with zero attached hydrogens (tertiary/aromatic N) is 2. The number of aromatic nitrogens is 1. The van der Waals surface area contributed by atoms with Gasteiger partial charge < -0.3 is 20.8 Å². The lowest BCUT2D eigenvalue weighted by molar-refractivity contribution is 0.0690. The number of aromatic carboxylic acids is 1. The molecule has 0 bridgehead atoms. The van der Waals surface area contributed by atoms with Crippen molar-refractivity contribution in [3.63, 3.8) is 0 Å². The fraction of sp³-hybridized carbons (Fsp3) is 0.500. The first-order chi connectivity index (χ1) is 8.63. The van der Waals surface area contributed by atoms with Gasteiger partial charge in [-0.1, -0.05) is 0 Å². The Bertz CT molecular complexity index is 450. The van der Waals surface area contributed by atoms with Gasteiger partial charge in [-0.2, -0.15) is 0 Å². The number of nitrogens with two attached hydrogens (primary N) is 1. The van der Waals surface area contributed by atoms with E-state index in [1.807, 2.05) is 4.90 Å². The van der Waals surface area contributed by atoms with Crippen molar-refractivity contribution in [2.75, 3.05) is 23.8 Å². The van der Waals surface area contributed by atoms with Crippen LogP contribution in [0.3, 0.4) is 0 Å². The zero-order chi connectivity index (χ0) is 13.1. The minimum absolute atomic E-state index is 0.0262. The summed E-state index contributed by atoms with van der Waals surface area (Å²) in [5.74, 6) is -0.609. The number of aliphatic hydroxyl groups is 1. The van der Waals surface area contributed by atoms with Gasteiger partial charge in [-0.3, -0.25) is 0 Å². The molecule has 0 saturated carbocycles. The summed E-state index contributed by atoms with van der Waals surface area (Å²) in [4.78, 5) is 16.9. The molecule has 2 heterocycles. The van der Waals surface area contributed by atoms with Crippen molar-refractivity contribution >= 4 is 17.5 Å². The molecule has 1 aliphatic rings. The van der Waals surface area contributed by atoms with Gasteiger partial charge in [-0.05, 0) is 31.4 Å². The molecule has 18 heavy (non-hydrogen) atoms. The Hall–Kier alpha value is -1.82. The summed E-state index contributed by atoms with van der Waals surface area (Å²) in [6, 6.07) is 2.91. The molecule has 0 aliphatic carbocycles. The second-order valence-corrected chi connectivity index (χ2v) is 4.44. The van der Waals surface area contributed by atoms with Gasteiger partial charge in [0.25, 0.3) is 0 Å². The van der Waals surface area contributed by atoms with Crippen LogP contribution in [-0.2, 0) is 0 Å². The standard InChI is InChI=1S/C12H17N3O3/c13-9-4-5-10(12(17)18)14-11(9)15-6-2-1-3-8(15)7-16/h4-5,8,16H,1-3,6-7,13H2,(H,17,18). The number of carboxylic acids is 1. The molecule has 1 fully saturated rings. The van der Waals surface area contributed by atoms with E-state index in [2.05, 4.69) is 4.98 Å². The van der Waals surface area contributed by atoms with Crippen LogP contribution in [0.15, 0.2) is 12.1 Å². The SMILES string of the molecule is Nc1ccc(C(=O)O)nc1N1CCCCC1CO. The molecule has 1 saturated heterocycles. The van der Waals surface area contributed by atoms with Gasteiger partial charge in [0.15, 0.2) is 11.5 Å². The summed E-state index contributed by atoms with van der Waals surface area (Å²) in [6.45, 7) is 0.768. The molecule has 1 aliphatic heterocycles. The predicted molar refractivity (Wildman–Crippen MR) is 67.7 cm³/mol. The Morgan fingerprint density at radius 1 is 1.50 bits per heavy atom. The van der Waals surface area contributed by atoms with Crippen LogP contribution in [0, 0.1) is 0 Å². The van der Waals surface area contributed by atoms with Gasteiger partial charge >= 0.3 is 5.97 Å². The summed E-state index contributed by atoms with van der Waals surface area (Å²) >= 11 is 0. The molecule has 0 aromatic carbocycles. The van der Waals surface area contributed by atoms with E-state index in [0.717, 1.165) is 25.8 Å². The van der Waals surface area contributed by atoms with Crippen LogP contribution < -0.4 is 10.6 Å². The van der Waals surface area contributed by atoms with Gasteiger partial charge in [0.05, 0.1) is 18.3 Å². The number of carbonyl (C=O) groups is 1. The molecule has 4 N–H and O–H groups in total. The first-order valence-electron chi connectivity index (χ1n) is 6.01. The fourth-order valence-corrected chi connectivity index (χ4v) is 2.28. The first-order valence-corrected chi connectivity index (χ1v) is 6.01. The van der Waals surface area contributed by atoms with Crippen LogP contribution in [0.1, 0.15) is 29.8 Å². The van der Waals surface area contributed by atoms with Gasteiger partial charge in [0.1, 0.15) is 0 Å². The Morgan fingerprint density at radius 3 is 2.94 bits per heavy atom. The summed E-state index contributed by atoms with van der Waals surface area (Å²) in [6.07, 6.45) is 2.92. The average Bonchev–Trinajstić information content (AvgIpc) is 2.39. The molecule has 6 heteroatoms.